The summed E-state index contributed by atoms with van der Waals surface area (Å²) in [6.07, 6.45) is 1.08. The van der Waals surface area contributed by atoms with E-state index in [1.54, 1.807) is 19.2 Å². The molecule has 4 heteroatoms. The van der Waals surface area contributed by atoms with Gasteiger partial charge in [0.2, 0.25) is 0 Å². The molecule has 0 saturated carbocycles. The molecule has 1 aliphatic carbocycles. The van der Waals surface area contributed by atoms with Crippen molar-refractivity contribution in [1.82, 2.24) is 0 Å². The fourth-order valence-corrected chi connectivity index (χ4v) is 1.60. The molecular weight excluding hydrogens is 203 g/mol. The third-order valence-electron chi connectivity index (χ3n) is 2.38. The van der Waals surface area contributed by atoms with E-state index in [2.05, 4.69) is 0 Å². The predicted molar refractivity (Wildman–Crippen MR) is 49.1 cm³/mol. The van der Waals surface area contributed by atoms with Gasteiger partial charge in [-0.3, -0.25) is 4.79 Å². The van der Waals surface area contributed by atoms with Crippen molar-refractivity contribution in [3.05, 3.63) is 41.2 Å². The summed E-state index contributed by atoms with van der Waals surface area (Å²) in [5.41, 5.74) is 1.82. The maximum Gasteiger partial charge on any atom is 1.00 e. The minimum atomic E-state index is -0.172. The first-order valence-electron chi connectivity index (χ1n) is 4.29. The topological polar surface area (TPSA) is 49.4 Å². The molecule has 0 heterocycles. The summed E-state index contributed by atoms with van der Waals surface area (Å²) < 4.78 is 5.01. The number of fused-ring (bicyclic) bond motifs is 1. The van der Waals surface area contributed by atoms with E-state index in [1.165, 1.54) is 0 Å². The Balaban J connectivity index is 0.00000112. The third kappa shape index (κ3) is 2.09. The number of Topliss-reactive ketones (excluding diaryl/α,β-unsaturated/α-hetero) is 1. The van der Waals surface area contributed by atoms with Crippen LogP contribution in [0.5, 0.6) is 5.75 Å². The van der Waals surface area contributed by atoms with Crippen LogP contribution in [0.15, 0.2) is 30.0 Å². The molecule has 0 fully saturated rings. The normalized spacial score (nSPS) is 16.1. The van der Waals surface area contributed by atoms with Crippen molar-refractivity contribution < 1.29 is 44.2 Å². The number of hydrogen-bond donors (Lipinski definition) is 0. The number of ether oxygens (including phenoxy) is 1. The Bertz CT molecular complexity index is 424. The van der Waals surface area contributed by atoms with E-state index in [0.717, 1.165) is 5.56 Å². The first-order valence-corrected chi connectivity index (χ1v) is 4.29. The van der Waals surface area contributed by atoms with Gasteiger partial charge in [-0.25, -0.2) is 0 Å². The van der Waals surface area contributed by atoms with Gasteiger partial charge < -0.3 is 9.84 Å². The Kier molecular flexibility index (Phi) is 3.97. The van der Waals surface area contributed by atoms with E-state index in [4.69, 9.17) is 4.74 Å². The van der Waals surface area contributed by atoms with Crippen LogP contribution in [0.25, 0.3) is 0 Å². The van der Waals surface area contributed by atoms with Crippen molar-refractivity contribution in [3.8, 4) is 5.75 Å². The van der Waals surface area contributed by atoms with E-state index >= 15 is 0 Å². The molecule has 72 valence electrons. The summed E-state index contributed by atoms with van der Waals surface area (Å²) in [5.74, 6) is 0.471. The van der Waals surface area contributed by atoms with Crippen LogP contribution < -0.4 is 39.4 Å². The first-order chi connectivity index (χ1) is 6.76. The molecule has 0 bridgehead atoms. The number of rotatable bonds is 1. The fourth-order valence-electron chi connectivity index (χ4n) is 1.60. The van der Waals surface area contributed by atoms with Gasteiger partial charge in [0.1, 0.15) is 5.75 Å². The van der Waals surface area contributed by atoms with Gasteiger partial charge in [-0.1, -0.05) is 6.07 Å². The summed E-state index contributed by atoms with van der Waals surface area (Å²) in [6.45, 7) is 0. The van der Waals surface area contributed by atoms with Crippen molar-refractivity contribution >= 4 is 5.78 Å². The smallest absolute Gasteiger partial charge is 0.878 e. The predicted octanol–water partition coefficient (Wildman–Crippen LogP) is -2.32. The van der Waals surface area contributed by atoms with Crippen LogP contribution in [-0.2, 0) is 6.42 Å². The van der Waals surface area contributed by atoms with Crippen LogP contribution in [0.3, 0.4) is 0 Å². The molecule has 0 amide bonds. The largest absolute Gasteiger partial charge is 1.00 e. The van der Waals surface area contributed by atoms with Crippen LogP contribution in [-0.4, -0.2) is 12.9 Å². The monoisotopic (exact) mass is 212 g/mol. The van der Waals surface area contributed by atoms with E-state index < -0.39 is 0 Å². The zero-order chi connectivity index (χ0) is 10.1. The van der Waals surface area contributed by atoms with E-state index in [-0.39, 0.29) is 35.3 Å². The van der Waals surface area contributed by atoms with Crippen LogP contribution in [0.2, 0.25) is 0 Å². The van der Waals surface area contributed by atoms with Crippen LogP contribution in [0, 0.1) is 0 Å². The molecule has 0 spiro atoms. The third-order valence-corrected chi connectivity index (χ3v) is 2.38. The van der Waals surface area contributed by atoms with Gasteiger partial charge in [-0.05, 0) is 23.3 Å². The summed E-state index contributed by atoms with van der Waals surface area (Å²) in [6, 6.07) is 5.29. The fraction of sp³-hybridized carbons (Fsp3) is 0.182. The number of carbonyl (C=O) groups excluding carboxylic acids is 1. The summed E-state index contributed by atoms with van der Waals surface area (Å²) in [4.78, 5) is 11.6. The van der Waals surface area contributed by atoms with E-state index in [1.807, 2.05) is 6.07 Å². The van der Waals surface area contributed by atoms with Gasteiger partial charge >= 0.3 is 29.6 Å². The number of carbonyl (C=O) groups is 1. The Morgan fingerprint density at radius 3 is 2.80 bits per heavy atom. The molecule has 3 nitrogen and oxygen atoms in total. The summed E-state index contributed by atoms with van der Waals surface area (Å²) in [5, 5.41) is 10.6. The molecule has 2 rings (SSSR count). The quantitative estimate of drug-likeness (QED) is 0.298. The molecule has 15 heavy (non-hydrogen) atoms. The summed E-state index contributed by atoms with van der Waals surface area (Å²) >= 11 is 0. The van der Waals surface area contributed by atoms with Crippen molar-refractivity contribution in [2.75, 3.05) is 7.11 Å². The molecule has 0 aromatic heterocycles. The number of benzene rings is 1. The van der Waals surface area contributed by atoms with Crippen molar-refractivity contribution in [1.29, 1.82) is 0 Å². The van der Waals surface area contributed by atoms with Gasteiger partial charge in [0, 0.05) is 12.0 Å². The number of hydrogen-bond acceptors (Lipinski definition) is 3. The van der Waals surface area contributed by atoms with Gasteiger partial charge in [-0.15, -0.1) is 6.26 Å². The van der Waals surface area contributed by atoms with Gasteiger partial charge in [0.15, 0.2) is 5.78 Å². The van der Waals surface area contributed by atoms with Crippen molar-refractivity contribution in [3.63, 3.8) is 0 Å². The number of allylic oxidation sites excluding steroid dienone is 1. The molecule has 0 atom stereocenters. The SMILES string of the molecule is COc1ccc2c(c1)C(=O)/C(=C\[O-])C2.[Na+]. The minimum absolute atomic E-state index is 0. The molecule has 0 radical (unpaired) electrons. The zero-order valence-corrected chi connectivity index (χ0v) is 10.7. The maximum atomic E-state index is 11.6. The Morgan fingerprint density at radius 2 is 2.20 bits per heavy atom. The average molecular weight is 212 g/mol. The molecule has 1 aromatic carbocycles. The second-order valence-corrected chi connectivity index (χ2v) is 3.17. The minimum Gasteiger partial charge on any atom is -0.878 e. The molecule has 1 aliphatic rings. The van der Waals surface area contributed by atoms with Gasteiger partial charge in [0.05, 0.1) is 7.11 Å². The molecule has 0 saturated heterocycles. The van der Waals surface area contributed by atoms with Crippen molar-refractivity contribution in [2.45, 2.75) is 6.42 Å². The van der Waals surface area contributed by atoms with E-state index in [0.29, 0.717) is 29.6 Å². The molecular formula is C11H9NaO3. The van der Waals surface area contributed by atoms with Crippen molar-refractivity contribution in [2.24, 2.45) is 0 Å². The first kappa shape index (κ1) is 12.3. The molecule has 0 N–H and O–H groups in total. The second-order valence-electron chi connectivity index (χ2n) is 3.17. The number of ketones is 1. The van der Waals surface area contributed by atoms with Crippen LogP contribution in [0.4, 0.5) is 0 Å². The molecule has 0 unspecified atom stereocenters. The molecule has 0 aliphatic heterocycles. The van der Waals surface area contributed by atoms with Gasteiger partial charge in [0.25, 0.3) is 0 Å². The van der Waals surface area contributed by atoms with Crippen LogP contribution >= 0.6 is 0 Å². The van der Waals surface area contributed by atoms with Gasteiger partial charge in [-0.2, -0.15) is 0 Å². The average Bonchev–Trinajstić information content (AvgIpc) is 2.55. The Hall–Kier alpha value is -0.770. The van der Waals surface area contributed by atoms with E-state index in [9.17, 15) is 9.90 Å². The van der Waals surface area contributed by atoms with Crippen LogP contribution in [0.1, 0.15) is 15.9 Å². The standard InChI is InChI=1S/C11H10O3.Na/c1-14-9-3-2-7-4-8(6-12)11(13)10(7)5-9;/h2-3,5-6,12H,4H2,1H3;/q;+1/p-1/b8-6-;. The Morgan fingerprint density at radius 1 is 1.47 bits per heavy atom. The second kappa shape index (κ2) is 4.84. The zero-order valence-electron chi connectivity index (χ0n) is 8.74. The molecule has 1 aromatic rings. The maximum absolute atomic E-state index is 11.6. The number of methoxy groups -OCH3 is 1. The summed E-state index contributed by atoms with van der Waals surface area (Å²) in [7, 11) is 1.55. The Labute approximate surface area is 110 Å².